The van der Waals surface area contributed by atoms with Gasteiger partial charge in [0, 0.05) is 6.16 Å². The Bertz CT molecular complexity index is 335. The number of hydrogen-bond acceptors (Lipinski definition) is 2. The molecule has 0 saturated heterocycles. The second-order valence-corrected chi connectivity index (χ2v) is 6.34. The Morgan fingerprint density at radius 1 is 1.33 bits per heavy atom. The SMILES string of the molecule is CC(O)CP(=O)(O)CCc1ccccc1. The lowest BCUT2D eigenvalue weighted by Crippen LogP contribution is -2.09. The fraction of sp³-hybridized carbons (Fsp3) is 0.455. The van der Waals surface area contributed by atoms with E-state index in [1.807, 2.05) is 30.3 Å². The smallest absolute Gasteiger partial charge is 0.203 e. The maximum atomic E-state index is 11.6. The van der Waals surface area contributed by atoms with Crippen molar-refractivity contribution in [1.82, 2.24) is 0 Å². The van der Waals surface area contributed by atoms with Gasteiger partial charge in [-0.1, -0.05) is 30.3 Å². The van der Waals surface area contributed by atoms with Crippen LogP contribution in [-0.2, 0) is 11.0 Å². The minimum atomic E-state index is -3.16. The zero-order chi connectivity index (χ0) is 11.3. The Labute approximate surface area is 90.2 Å². The van der Waals surface area contributed by atoms with E-state index in [9.17, 15) is 9.46 Å². The molecule has 0 aliphatic carbocycles. The summed E-state index contributed by atoms with van der Waals surface area (Å²) in [6.45, 7) is 1.53. The Kier molecular flexibility index (Phi) is 4.52. The molecule has 0 amide bonds. The van der Waals surface area contributed by atoms with E-state index in [1.165, 1.54) is 6.92 Å². The van der Waals surface area contributed by atoms with Gasteiger partial charge < -0.3 is 10.00 Å². The zero-order valence-electron chi connectivity index (χ0n) is 8.84. The lowest BCUT2D eigenvalue weighted by molar-refractivity contribution is 0.214. The number of aliphatic hydroxyl groups excluding tert-OH is 1. The van der Waals surface area contributed by atoms with Gasteiger partial charge in [-0.2, -0.15) is 0 Å². The first-order valence-corrected chi connectivity index (χ1v) is 7.05. The highest BCUT2D eigenvalue weighted by Crippen LogP contribution is 2.41. The number of aryl methyl sites for hydroxylation is 1. The van der Waals surface area contributed by atoms with Gasteiger partial charge in [0.25, 0.3) is 0 Å². The van der Waals surface area contributed by atoms with Gasteiger partial charge in [-0.3, -0.25) is 4.57 Å². The van der Waals surface area contributed by atoms with E-state index in [0.29, 0.717) is 6.42 Å². The van der Waals surface area contributed by atoms with E-state index in [0.717, 1.165) is 5.56 Å². The van der Waals surface area contributed by atoms with E-state index in [1.54, 1.807) is 0 Å². The first kappa shape index (κ1) is 12.4. The van der Waals surface area contributed by atoms with Crippen LogP contribution in [0.2, 0.25) is 0 Å². The first-order valence-electron chi connectivity index (χ1n) is 5.02. The van der Waals surface area contributed by atoms with Crippen LogP contribution >= 0.6 is 7.37 Å². The molecule has 0 fully saturated rings. The van der Waals surface area contributed by atoms with Crippen molar-refractivity contribution in [3.63, 3.8) is 0 Å². The molecule has 15 heavy (non-hydrogen) atoms. The maximum Gasteiger partial charge on any atom is 0.203 e. The van der Waals surface area contributed by atoms with E-state index in [-0.39, 0.29) is 12.3 Å². The molecule has 1 rings (SSSR count). The molecule has 2 N–H and O–H groups in total. The molecule has 0 radical (unpaired) electrons. The highest BCUT2D eigenvalue weighted by Gasteiger charge is 2.20. The van der Waals surface area contributed by atoms with Crippen molar-refractivity contribution in [1.29, 1.82) is 0 Å². The van der Waals surface area contributed by atoms with Gasteiger partial charge in [-0.25, -0.2) is 0 Å². The first-order chi connectivity index (χ1) is 6.99. The summed E-state index contributed by atoms with van der Waals surface area (Å²) < 4.78 is 11.6. The summed E-state index contributed by atoms with van der Waals surface area (Å²) >= 11 is 0. The monoisotopic (exact) mass is 228 g/mol. The quantitative estimate of drug-likeness (QED) is 0.756. The van der Waals surface area contributed by atoms with Crippen LogP contribution in [0.5, 0.6) is 0 Å². The largest absolute Gasteiger partial charge is 0.393 e. The zero-order valence-corrected chi connectivity index (χ0v) is 9.73. The molecule has 0 saturated carbocycles. The Hall–Kier alpha value is -0.630. The number of benzene rings is 1. The fourth-order valence-corrected chi connectivity index (χ4v) is 3.07. The minimum absolute atomic E-state index is 0.0141. The molecule has 2 unspecified atom stereocenters. The van der Waals surface area contributed by atoms with Crippen LogP contribution in [0.1, 0.15) is 12.5 Å². The topological polar surface area (TPSA) is 57.5 Å². The third-order valence-corrected chi connectivity index (χ3v) is 4.16. The van der Waals surface area contributed by atoms with E-state index in [2.05, 4.69) is 0 Å². The molecular weight excluding hydrogens is 211 g/mol. The normalized spacial score (nSPS) is 17.0. The van der Waals surface area contributed by atoms with Gasteiger partial charge >= 0.3 is 0 Å². The molecule has 84 valence electrons. The number of hydrogen-bond donors (Lipinski definition) is 2. The minimum Gasteiger partial charge on any atom is -0.393 e. The molecule has 0 spiro atoms. The second-order valence-electron chi connectivity index (χ2n) is 3.84. The standard InChI is InChI=1S/C11H17O3P/c1-10(12)9-15(13,14)8-7-11-5-3-2-4-6-11/h2-6,10,12H,7-9H2,1H3,(H,13,14). The average molecular weight is 228 g/mol. The average Bonchev–Trinajstić information content (AvgIpc) is 2.15. The van der Waals surface area contributed by atoms with Crippen LogP contribution in [0, 0.1) is 0 Å². The van der Waals surface area contributed by atoms with Crippen molar-refractivity contribution in [2.24, 2.45) is 0 Å². The summed E-state index contributed by atoms with van der Waals surface area (Å²) in [5.41, 5.74) is 1.05. The lowest BCUT2D eigenvalue weighted by Gasteiger charge is -2.12. The van der Waals surface area contributed by atoms with Crippen molar-refractivity contribution < 1.29 is 14.6 Å². The summed E-state index contributed by atoms with van der Waals surface area (Å²) in [6.07, 6.45) is 0.0971. The van der Waals surface area contributed by atoms with Crippen molar-refractivity contribution in [3.8, 4) is 0 Å². The fourth-order valence-electron chi connectivity index (χ4n) is 1.45. The number of aliphatic hydroxyl groups is 1. The van der Waals surface area contributed by atoms with Crippen molar-refractivity contribution >= 4 is 7.37 Å². The Morgan fingerprint density at radius 3 is 2.47 bits per heavy atom. The maximum absolute atomic E-state index is 11.6. The van der Waals surface area contributed by atoms with E-state index in [4.69, 9.17) is 5.11 Å². The molecule has 3 nitrogen and oxygen atoms in total. The van der Waals surface area contributed by atoms with Crippen molar-refractivity contribution in [3.05, 3.63) is 35.9 Å². The molecule has 1 aromatic carbocycles. The lowest BCUT2D eigenvalue weighted by atomic mass is 10.2. The van der Waals surface area contributed by atoms with Gasteiger partial charge in [0.05, 0.1) is 12.3 Å². The van der Waals surface area contributed by atoms with E-state index >= 15 is 0 Å². The van der Waals surface area contributed by atoms with Crippen LogP contribution in [0.25, 0.3) is 0 Å². The predicted octanol–water partition coefficient (Wildman–Crippen LogP) is 1.88. The molecular formula is C11H17O3P. The van der Waals surface area contributed by atoms with Crippen LogP contribution < -0.4 is 0 Å². The molecule has 1 aromatic rings. The number of rotatable bonds is 5. The molecule has 0 aromatic heterocycles. The highest BCUT2D eigenvalue weighted by molar-refractivity contribution is 7.58. The van der Waals surface area contributed by atoms with Crippen molar-refractivity contribution in [2.45, 2.75) is 19.4 Å². The third kappa shape index (κ3) is 5.12. The summed E-state index contributed by atoms with van der Waals surface area (Å²) in [5.74, 6) is 0. The van der Waals surface area contributed by atoms with Crippen LogP contribution in [0.3, 0.4) is 0 Å². The molecule has 0 bridgehead atoms. The molecule has 0 heterocycles. The highest BCUT2D eigenvalue weighted by atomic mass is 31.2. The van der Waals surface area contributed by atoms with Gasteiger partial charge in [0.1, 0.15) is 0 Å². The summed E-state index contributed by atoms with van der Waals surface area (Å²) in [7, 11) is -3.16. The summed E-state index contributed by atoms with van der Waals surface area (Å²) in [4.78, 5) is 9.54. The van der Waals surface area contributed by atoms with Crippen LogP contribution in [0.4, 0.5) is 0 Å². The van der Waals surface area contributed by atoms with Crippen LogP contribution in [0.15, 0.2) is 30.3 Å². The van der Waals surface area contributed by atoms with E-state index < -0.39 is 13.5 Å². The Balaban J connectivity index is 2.46. The Morgan fingerprint density at radius 2 is 1.93 bits per heavy atom. The molecule has 0 aliphatic heterocycles. The summed E-state index contributed by atoms with van der Waals surface area (Å²) in [6, 6.07) is 9.60. The van der Waals surface area contributed by atoms with Gasteiger partial charge in [-0.15, -0.1) is 0 Å². The van der Waals surface area contributed by atoms with Gasteiger partial charge in [0.15, 0.2) is 0 Å². The van der Waals surface area contributed by atoms with Gasteiger partial charge in [0.2, 0.25) is 7.37 Å². The van der Waals surface area contributed by atoms with Crippen LogP contribution in [-0.4, -0.2) is 28.4 Å². The third-order valence-electron chi connectivity index (χ3n) is 2.14. The van der Waals surface area contributed by atoms with Crippen molar-refractivity contribution in [2.75, 3.05) is 12.3 Å². The molecule has 0 aliphatic rings. The van der Waals surface area contributed by atoms with Gasteiger partial charge in [-0.05, 0) is 18.9 Å². The summed E-state index contributed by atoms with van der Waals surface area (Å²) in [5, 5.41) is 9.05. The molecule has 4 heteroatoms. The second kappa shape index (κ2) is 5.45. The predicted molar refractivity (Wildman–Crippen MR) is 61.4 cm³/mol. The molecule has 2 atom stereocenters.